The van der Waals surface area contributed by atoms with Gasteiger partial charge in [-0.25, -0.2) is 0 Å². The Morgan fingerprint density at radius 1 is 1.17 bits per heavy atom. The zero-order valence-corrected chi connectivity index (χ0v) is 14.8. The van der Waals surface area contributed by atoms with Crippen molar-refractivity contribution in [2.24, 2.45) is 0 Å². The SMILES string of the molecule is CC[C@H](C)N1C(=O)S/C(=C/c2cccn2-c2ccc(C)cc2)C1=O. The van der Waals surface area contributed by atoms with Gasteiger partial charge in [0.05, 0.1) is 4.91 Å². The van der Waals surface area contributed by atoms with Crippen LogP contribution in [0.1, 0.15) is 31.5 Å². The van der Waals surface area contributed by atoms with Gasteiger partial charge in [-0.15, -0.1) is 0 Å². The van der Waals surface area contributed by atoms with E-state index in [1.54, 1.807) is 6.08 Å². The first kappa shape index (κ1) is 16.6. The molecule has 124 valence electrons. The van der Waals surface area contributed by atoms with Crippen molar-refractivity contribution in [3.05, 3.63) is 58.8 Å². The number of carbonyl (C=O) groups is 2. The van der Waals surface area contributed by atoms with E-state index in [4.69, 9.17) is 0 Å². The Hall–Kier alpha value is -2.27. The average Bonchev–Trinajstić information content (AvgIpc) is 3.13. The van der Waals surface area contributed by atoms with E-state index in [9.17, 15) is 9.59 Å². The van der Waals surface area contributed by atoms with Crippen LogP contribution in [0.5, 0.6) is 0 Å². The Bertz CT molecular complexity index is 805. The lowest BCUT2D eigenvalue weighted by Gasteiger charge is -2.19. The summed E-state index contributed by atoms with van der Waals surface area (Å²) in [6.07, 6.45) is 4.51. The highest BCUT2D eigenvalue weighted by Crippen LogP contribution is 2.34. The molecule has 3 rings (SSSR count). The van der Waals surface area contributed by atoms with E-state index in [1.807, 2.05) is 55.8 Å². The molecular formula is C19H20N2O2S. The van der Waals surface area contributed by atoms with E-state index in [-0.39, 0.29) is 17.2 Å². The number of aromatic nitrogens is 1. The van der Waals surface area contributed by atoms with Gasteiger partial charge in [0.1, 0.15) is 0 Å². The van der Waals surface area contributed by atoms with Gasteiger partial charge in [-0.3, -0.25) is 14.5 Å². The Morgan fingerprint density at radius 2 is 1.88 bits per heavy atom. The zero-order valence-electron chi connectivity index (χ0n) is 14.0. The van der Waals surface area contributed by atoms with E-state index in [1.165, 1.54) is 10.5 Å². The molecule has 0 bridgehead atoms. The number of carbonyl (C=O) groups excluding carboxylic acids is 2. The maximum Gasteiger partial charge on any atom is 0.293 e. The number of benzene rings is 1. The van der Waals surface area contributed by atoms with Crippen LogP contribution in [-0.4, -0.2) is 26.7 Å². The molecule has 2 heterocycles. The number of nitrogens with zero attached hydrogens (tertiary/aromatic N) is 2. The number of thioether (sulfide) groups is 1. The molecule has 0 unspecified atom stereocenters. The maximum absolute atomic E-state index is 12.5. The van der Waals surface area contributed by atoms with Crippen LogP contribution in [0.2, 0.25) is 0 Å². The van der Waals surface area contributed by atoms with Gasteiger partial charge < -0.3 is 4.57 Å². The van der Waals surface area contributed by atoms with Gasteiger partial charge in [-0.2, -0.15) is 0 Å². The number of amides is 2. The minimum absolute atomic E-state index is 0.0766. The van der Waals surface area contributed by atoms with Crippen molar-refractivity contribution in [1.29, 1.82) is 0 Å². The van der Waals surface area contributed by atoms with Gasteiger partial charge in [0.15, 0.2) is 0 Å². The van der Waals surface area contributed by atoms with Crippen molar-refractivity contribution in [2.45, 2.75) is 33.2 Å². The molecule has 1 aliphatic heterocycles. The second-order valence-electron chi connectivity index (χ2n) is 5.95. The molecular weight excluding hydrogens is 320 g/mol. The van der Waals surface area contributed by atoms with Gasteiger partial charge in [0.25, 0.3) is 11.1 Å². The summed E-state index contributed by atoms with van der Waals surface area (Å²) in [6.45, 7) is 5.92. The molecule has 0 spiro atoms. The third-order valence-corrected chi connectivity index (χ3v) is 5.11. The molecule has 2 amide bonds. The van der Waals surface area contributed by atoms with Crippen LogP contribution in [0.4, 0.5) is 4.79 Å². The summed E-state index contributed by atoms with van der Waals surface area (Å²) in [5, 5.41) is -0.186. The van der Waals surface area contributed by atoms with Crippen molar-refractivity contribution in [3.63, 3.8) is 0 Å². The van der Waals surface area contributed by atoms with E-state index in [2.05, 4.69) is 12.1 Å². The van der Waals surface area contributed by atoms with E-state index < -0.39 is 0 Å². The molecule has 0 radical (unpaired) electrons. The third kappa shape index (κ3) is 3.04. The highest BCUT2D eigenvalue weighted by Gasteiger charge is 2.37. The molecule has 1 atom stereocenters. The quantitative estimate of drug-likeness (QED) is 0.763. The van der Waals surface area contributed by atoms with Crippen molar-refractivity contribution >= 4 is 29.0 Å². The lowest BCUT2D eigenvalue weighted by molar-refractivity contribution is -0.124. The first-order chi connectivity index (χ1) is 11.5. The van der Waals surface area contributed by atoms with E-state index >= 15 is 0 Å². The molecule has 4 nitrogen and oxygen atoms in total. The summed E-state index contributed by atoms with van der Waals surface area (Å²) in [7, 11) is 0. The molecule has 5 heteroatoms. The molecule has 0 saturated carbocycles. The number of aryl methyl sites for hydroxylation is 1. The summed E-state index contributed by atoms with van der Waals surface area (Å²) in [4.78, 5) is 26.5. The standard InChI is InChI=1S/C19H20N2O2S/c1-4-14(3)21-18(22)17(24-19(21)23)12-16-6-5-11-20(16)15-9-7-13(2)8-10-15/h5-12,14H,4H2,1-3H3/b17-12+/t14-/m0/s1. The fraction of sp³-hybridized carbons (Fsp3) is 0.263. The number of hydrogen-bond acceptors (Lipinski definition) is 3. The minimum Gasteiger partial charge on any atom is -0.317 e. The summed E-state index contributed by atoms with van der Waals surface area (Å²) < 4.78 is 2.01. The van der Waals surface area contributed by atoms with Crippen LogP contribution in [0.3, 0.4) is 0 Å². The van der Waals surface area contributed by atoms with Crippen LogP contribution in [0.25, 0.3) is 11.8 Å². The Labute approximate surface area is 146 Å². The molecule has 1 aromatic heterocycles. The predicted octanol–water partition coefficient (Wildman–Crippen LogP) is 4.62. The van der Waals surface area contributed by atoms with Crippen LogP contribution >= 0.6 is 11.8 Å². The van der Waals surface area contributed by atoms with Gasteiger partial charge in [-0.05, 0) is 62.4 Å². The molecule has 1 aromatic carbocycles. The zero-order chi connectivity index (χ0) is 17.3. The van der Waals surface area contributed by atoms with Gasteiger partial charge in [0, 0.05) is 23.6 Å². The topological polar surface area (TPSA) is 42.3 Å². The fourth-order valence-corrected chi connectivity index (χ4v) is 3.54. The van der Waals surface area contributed by atoms with Gasteiger partial charge in [-0.1, -0.05) is 24.6 Å². The highest BCUT2D eigenvalue weighted by atomic mass is 32.2. The fourth-order valence-electron chi connectivity index (χ4n) is 2.63. The van der Waals surface area contributed by atoms with Crippen molar-refractivity contribution < 1.29 is 9.59 Å². The molecule has 2 aromatic rings. The Kier molecular flexibility index (Phi) is 4.62. The van der Waals surface area contributed by atoms with Crippen molar-refractivity contribution in [1.82, 2.24) is 9.47 Å². The second-order valence-corrected chi connectivity index (χ2v) is 6.94. The lowest BCUT2D eigenvalue weighted by Crippen LogP contribution is -2.36. The van der Waals surface area contributed by atoms with Crippen molar-refractivity contribution in [3.8, 4) is 5.69 Å². The summed E-state index contributed by atoms with van der Waals surface area (Å²) in [6, 6.07) is 12.0. The Morgan fingerprint density at radius 3 is 2.54 bits per heavy atom. The molecule has 0 aliphatic carbocycles. The normalized spacial score (nSPS) is 17.8. The largest absolute Gasteiger partial charge is 0.317 e. The molecule has 0 N–H and O–H groups in total. The molecule has 1 aliphatic rings. The summed E-state index contributed by atoms with van der Waals surface area (Å²) in [5.41, 5.74) is 3.11. The molecule has 1 saturated heterocycles. The highest BCUT2D eigenvalue weighted by molar-refractivity contribution is 8.18. The first-order valence-electron chi connectivity index (χ1n) is 8.02. The summed E-state index contributed by atoms with van der Waals surface area (Å²) >= 11 is 1.02. The smallest absolute Gasteiger partial charge is 0.293 e. The first-order valence-corrected chi connectivity index (χ1v) is 8.84. The monoisotopic (exact) mass is 340 g/mol. The number of hydrogen-bond donors (Lipinski definition) is 0. The van der Waals surface area contributed by atoms with E-state index in [0.717, 1.165) is 29.6 Å². The number of imide groups is 1. The van der Waals surface area contributed by atoms with E-state index in [0.29, 0.717) is 4.91 Å². The van der Waals surface area contributed by atoms with Crippen LogP contribution < -0.4 is 0 Å². The molecule has 24 heavy (non-hydrogen) atoms. The van der Waals surface area contributed by atoms with Crippen LogP contribution in [0, 0.1) is 6.92 Å². The van der Waals surface area contributed by atoms with Gasteiger partial charge >= 0.3 is 0 Å². The third-order valence-electron chi connectivity index (χ3n) is 4.23. The average molecular weight is 340 g/mol. The number of rotatable bonds is 4. The lowest BCUT2D eigenvalue weighted by atomic mass is 10.2. The predicted molar refractivity (Wildman–Crippen MR) is 98.1 cm³/mol. The van der Waals surface area contributed by atoms with Crippen LogP contribution in [-0.2, 0) is 4.79 Å². The Balaban J connectivity index is 1.93. The molecule has 1 fully saturated rings. The minimum atomic E-state index is -0.198. The van der Waals surface area contributed by atoms with Gasteiger partial charge in [0.2, 0.25) is 0 Å². The van der Waals surface area contributed by atoms with Crippen LogP contribution in [0.15, 0.2) is 47.5 Å². The second kappa shape index (κ2) is 6.69. The summed E-state index contributed by atoms with van der Waals surface area (Å²) in [5.74, 6) is -0.198. The van der Waals surface area contributed by atoms with Crippen molar-refractivity contribution in [2.75, 3.05) is 0 Å². The maximum atomic E-state index is 12.5.